The van der Waals surface area contributed by atoms with E-state index in [9.17, 15) is 4.79 Å². The molecule has 0 saturated heterocycles. The molecule has 0 N–H and O–H groups in total. The highest BCUT2D eigenvalue weighted by molar-refractivity contribution is 8.13. The highest BCUT2D eigenvalue weighted by Crippen LogP contribution is 2.24. The van der Waals surface area contributed by atoms with Crippen LogP contribution in [0.5, 0.6) is 5.19 Å². The van der Waals surface area contributed by atoms with Gasteiger partial charge in [0.2, 0.25) is 5.16 Å². The van der Waals surface area contributed by atoms with Crippen molar-refractivity contribution in [1.82, 2.24) is 14.3 Å². The van der Waals surface area contributed by atoms with Gasteiger partial charge in [0, 0.05) is 42.3 Å². The standard InChI is InChI=1S/C13H15N3O2S3/c1-16(2)13(17)20-11-14-12(21-15-11)18-8-9-4-6-10(19-3)7-5-9/h4-7H,8H2,1-3H3. The smallest absolute Gasteiger partial charge is 0.294 e. The summed E-state index contributed by atoms with van der Waals surface area (Å²) >= 11 is 3.85. The lowest BCUT2D eigenvalue weighted by molar-refractivity contribution is 0.241. The van der Waals surface area contributed by atoms with Gasteiger partial charge < -0.3 is 9.64 Å². The fraction of sp³-hybridized carbons (Fsp3) is 0.308. The van der Waals surface area contributed by atoms with Gasteiger partial charge >= 0.3 is 0 Å². The number of amides is 1. The molecule has 1 aromatic heterocycles. The Morgan fingerprint density at radius 3 is 2.67 bits per heavy atom. The van der Waals surface area contributed by atoms with Crippen LogP contribution in [-0.2, 0) is 6.61 Å². The first-order valence-corrected chi connectivity index (χ1v) is 8.88. The van der Waals surface area contributed by atoms with Gasteiger partial charge in [0.25, 0.3) is 10.4 Å². The molecule has 0 fully saturated rings. The highest BCUT2D eigenvalue weighted by Gasteiger charge is 2.12. The van der Waals surface area contributed by atoms with E-state index in [1.54, 1.807) is 25.9 Å². The minimum absolute atomic E-state index is 0.105. The molecule has 21 heavy (non-hydrogen) atoms. The van der Waals surface area contributed by atoms with Crippen molar-refractivity contribution in [3.8, 4) is 5.19 Å². The molecule has 1 aromatic carbocycles. The summed E-state index contributed by atoms with van der Waals surface area (Å²) in [7, 11) is 3.38. The molecule has 0 bridgehead atoms. The second-order valence-electron chi connectivity index (χ2n) is 4.24. The Hall–Kier alpha value is -1.25. The van der Waals surface area contributed by atoms with Crippen molar-refractivity contribution in [3.63, 3.8) is 0 Å². The number of carbonyl (C=O) groups is 1. The minimum Gasteiger partial charge on any atom is -0.464 e. The minimum atomic E-state index is -0.105. The molecule has 8 heteroatoms. The van der Waals surface area contributed by atoms with E-state index in [0.717, 1.165) is 28.9 Å². The second-order valence-corrected chi connectivity index (χ2v) is 6.75. The largest absolute Gasteiger partial charge is 0.464 e. The quantitative estimate of drug-likeness (QED) is 0.774. The normalized spacial score (nSPS) is 10.4. The Balaban J connectivity index is 1.88. The van der Waals surface area contributed by atoms with Crippen LogP contribution >= 0.6 is 35.1 Å². The molecule has 0 saturated carbocycles. The fourth-order valence-corrected chi connectivity index (χ4v) is 2.96. The molecule has 2 rings (SSSR count). The molecule has 0 aliphatic heterocycles. The van der Waals surface area contributed by atoms with E-state index in [0.29, 0.717) is 17.0 Å². The summed E-state index contributed by atoms with van der Waals surface area (Å²) in [6.45, 7) is 0.440. The van der Waals surface area contributed by atoms with E-state index in [1.807, 2.05) is 18.4 Å². The molecular formula is C13H15N3O2S3. The third-order valence-corrected chi connectivity index (χ3v) is 4.85. The first-order chi connectivity index (χ1) is 10.1. The van der Waals surface area contributed by atoms with Gasteiger partial charge in [0.15, 0.2) is 0 Å². The molecule has 0 aliphatic rings. The first-order valence-electron chi connectivity index (χ1n) is 6.07. The van der Waals surface area contributed by atoms with Gasteiger partial charge in [-0.15, -0.1) is 11.8 Å². The maximum atomic E-state index is 11.5. The molecule has 1 amide bonds. The van der Waals surface area contributed by atoms with E-state index in [4.69, 9.17) is 4.74 Å². The van der Waals surface area contributed by atoms with Gasteiger partial charge in [-0.1, -0.05) is 12.1 Å². The topological polar surface area (TPSA) is 55.3 Å². The van der Waals surface area contributed by atoms with E-state index >= 15 is 0 Å². The Kier molecular flexibility index (Phi) is 5.89. The Morgan fingerprint density at radius 2 is 2.05 bits per heavy atom. The third-order valence-electron chi connectivity index (χ3n) is 2.45. The summed E-state index contributed by atoms with van der Waals surface area (Å²) in [6.07, 6.45) is 2.04. The van der Waals surface area contributed by atoms with Crippen LogP contribution in [0.15, 0.2) is 34.3 Å². The lowest BCUT2D eigenvalue weighted by atomic mass is 10.2. The van der Waals surface area contributed by atoms with Crippen molar-refractivity contribution in [2.45, 2.75) is 16.7 Å². The van der Waals surface area contributed by atoms with Crippen LogP contribution in [0.4, 0.5) is 4.79 Å². The summed E-state index contributed by atoms with van der Waals surface area (Å²) < 4.78 is 9.68. The predicted molar refractivity (Wildman–Crippen MR) is 87.4 cm³/mol. The number of hydrogen-bond donors (Lipinski definition) is 0. The van der Waals surface area contributed by atoms with Crippen LogP contribution in [0.1, 0.15) is 5.56 Å². The molecule has 0 radical (unpaired) electrons. The predicted octanol–water partition coefficient (Wildman–Crippen LogP) is 3.61. The highest BCUT2D eigenvalue weighted by atomic mass is 32.2. The summed E-state index contributed by atoms with van der Waals surface area (Å²) in [5.74, 6) is 0. The zero-order valence-electron chi connectivity index (χ0n) is 11.9. The average molecular weight is 341 g/mol. The van der Waals surface area contributed by atoms with Crippen molar-refractivity contribution in [2.24, 2.45) is 0 Å². The summed E-state index contributed by atoms with van der Waals surface area (Å²) in [6, 6.07) is 8.16. The summed E-state index contributed by atoms with van der Waals surface area (Å²) in [5, 5.41) is 0.788. The van der Waals surface area contributed by atoms with Crippen molar-refractivity contribution in [1.29, 1.82) is 0 Å². The molecule has 0 aliphatic carbocycles. The number of ether oxygens (including phenoxy) is 1. The molecule has 0 spiro atoms. The Bertz CT molecular complexity index is 599. The molecular weight excluding hydrogens is 326 g/mol. The number of carbonyl (C=O) groups excluding carboxylic acids is 1. The number of aromatic nitrogens is 2. The lowest BCUT2D eigenvalue weighted by Crippen LogP contribution is -2.16. The van der Waals surface area contributed by atoms with Crippen LogP contribution in [0.2, 0.25) is 0 Å². The zero-order chi connectivity index (χ0) is 15.2. The maximum Gasteiger partial charge on any atom is 0.294 e. The van der Waals surface area contributed by atoms with Crippen LogP contribution in [-0.4, -0.2) is 39.8 Å². The molecule has 112 valence electrons. The van der Waals surface area contributed by atoms with Crippen LogP contribution in [0.3, 0.4) is 0 Å². The number of thioether (sulfide) groups is 2. The van der Waals surface area contributed by atoms with Gasteiger partial charge in [-0.05, 0) is 24.0 Å². The van der Waals surface area contributed by atoms with Crippen LogP contribution < -0.4 is 4.74 Å². The summed E-state index contributed by atoms with van der Waals surface area (Å²) in [5.41, 5.74) is 1.07. The van der Waals surface area contributed by atoms with Gasteiger partial charge in [0.05, 0.1) is 0 Å². The second kappa shape index (κ2) is 7.67. The Labute approximate surface area is 136 Å². The molecule has 2 aromatic rings. The van der Waals surface area contributed by atoms with Crippen molar-refractivity contribution < 1.29 is 9.53 Å². The van der Waals surface area contributed by atoms with E-state index < -0.39 is 0 Å². The zero-order valence-corrected chi connectivity index (χ0v) is 14.3. The van der Waals surface area contributed by atoms with E-state index in [1.165, 1.54) is 9.80 Å². The third kappa shape index (κ3) is 4.90. The van der Waals surface area contributed by atoms with Crippen molar-refractivity contribution >= 4 is 40.3 Å². The SMILES string of the molecule is CSc1ccc(COc2nc(SC(=O)N(C)C)ns2)cc1. The Morgan fingerprint density at radius 1 is 1.33 bits per heavy atom. The number of benzene rings is 1. The molecule has 5 nitrogen and oxygen atoms in total. The first kappa shape index (κ1) is 16.1. The van der Waals surface area contributed by atoms with Crippen LogP contribution in [0, 0.1) is 0 Å². The summed E-state index contributed by atoms with van der Waals surface area (Å²) in [4.78, 5) is 18.4. The number of nitrogens with zero attached hydrogens (tertiary/aromatic N) is 3. The molecule has 0 atom stereocenters. The van der Waals surface area contributed by atoms with Crippen LogP contribution in [0.25, 0.3) is 0 Å². The van der Waals surface area contributed by atoms with E-state index in [2.05, 4.69) is 21.5 Å². The monoisotopic (exact) mass is 341 g/mol. The van der Waals surface area contributed by atoms with E-state index in [-0.39, 0.29) is 5.24 Å². The van der Waals surface area contributed by atoms with Gasteiger partial charge in [-0.3, -0.25) is 4.79 Å². The molecule has 1 heterocycles. The van der Waals surface area contributed by atoms with Gasteiger partial charge in [0.1, 0.15) is 6.61 Å². The van der Waals surface area contributed by atoms with Gasteiger partial charge in [-0.25, -0.2) is 0 Å². The van der Waals surface area contributed by atoms with Crippen molar-refractivity contribution in [3.05, 3.63) is 29.8 Å². The fourth-order valence-electron chi connectivity index (χ4n) is 1.33. The lowest BCUT2D eigenvalue weighted by Gasteiger charge is -2.06. The number of hydrogen-bond acceptors (Lipinski definition) is 7. The van der Waals surface area contributed by atoms with Crippen molar-refractivity contribution in [2.75, 3.05) is 20.4 Å². The number of rotatable bonds is 5. The maximum absolute atomic E-state index is 11.5. The van der Waals surface area contributed by atoms with Gasteiger partial charge in [-0.2, -0.15) is 9.36 Å². The average Bonchev–Trinajstić information content (AvgIpc) is 2.93. The molecule has 0 unspecified atom stereocenters.